The van der Waals surface area contributed by atoms with E-state index in [2.05, 4.69) is 4.74 Å². The second kappa shape index (κ2) is 5.97. The van der Waals surface area contributed by atoms with Crippen LogP contribution >= 0.6 is 11.6 Å². The molecule has 0 aliphatic rings. The first kappa shape index (κ1) is 14.7. The first-order valence-corrected chi connectivity index (χ1v) is 5.51. The number of benzene rings is 1. The predicted octanol–water partition coefficient (Wildman–Crippen LogP) is 2.09. The number of rotatable bonds is 4. The van der Waals surface area contributed by atoms with Crippen LogP contribution in [0.5, 0.6) is 5.75 Å². The third-order valence-corrected chi connectivity index (χ3v) is 2.65. The molecule has 0 spiro atoms. The SMILES string of the molecule is CCOC(=O)C(F)[C@@H](N)c1ccc(F)c(Cl)c1O. The number of carbonyl (C=O) groups is 1. The van der Waals surface area contributed by atoms with Gasteiger partial charge in [-0.25, -0.2) is 13.6 Å². The fourth-order valence-corrected chi connectivity index (χ4v) is 1.52. The van der Waals surface area contributed by atoms with Crippen LogP contribution in [0, 0.1) is 5.82 Å². The van der Waals surface area contributed by atoms with Crippen molar-refractivity contribution in [1.29, 1.82) is 0 Å². The van der Waals surface area contributed by atoms with E-state index < -0.39 is 34.8 Å². The number of hydrogen-bond acceptors (Lipinski definition) is 4. The standard InChI is InChI=1S/C11H12ClF2NO3/c1-2-18-11(17)8(14)9(15)5-3-4-6(13)7(12)10(5)16/h3-4,8-9,16H,2,15H2,1H3/t8?,9-/m0/s1. The van der Waals surface area contributed by atoms with Gasteiger partial charge in [0.1, 0.15) is 16.6 Å². The number of hydrogen-bond donors (Lipinski definition) is 2. The molecule has 1 rings (SSSR count). The highest BCUT2D eigenvalue weighted by Crippen LogP contribution is 2.34. The zero-order valence-electron chi connectivity index (χ0n) is 9.49. The topological polar surface area (TPSA) is 72.5 Å². The fourth-order valence-electron chi connectivity index (χ4n) is 1.35. The Morgan fingerprint density at radius 2 is 2.22 bits per heavy atom. The molecule has 0 fully saturated rings. The van der Waals surface area contributed by atoms with Crippen molar-refractivity contribution in [2.75, 3.05) is 6.61 Å². The van der Waals surface area contributed by atoms with E-state index in [9.17, 15) is 18.7 Å². The third kappa shape index (κ3) is 2.88. The van der Waals surface area contributed by atoms with Gasteiger partial charge in [0.05, 0.1) is 12.6 Å². The molecule has 3 N–H and O–H groups in total. The summed E-state index contributed by atoms with van der Waals surface area (Å²) in [5.41, 5.74) is 5.31. The van der Waals surface area contributed by atoms with Crippen LogP contribution < -0.4 is 5.73 Å². The number of phenols is 1. The fraction of sp³-hybridized carbons (Fsp3) is 0.364. The molecule has 0 heterocycles. The van der Waals surface area contributed by atoms with Crippen molar-refractivity contribution in [3.63, 3.8) is 0 Å². The lowest BCUT2D eigenvalue weighted by molar-refractivity contribution is -0.149. The molecule has 0 aliphatic heterocycles. The van der Waals surface area contributed by atoms with Crippen molar-refractivity contribution in [2.24, 2.45) is 5.73 Å². The molecule has 0 bridgehead atoms. The van der Waals surface area contributed by atoms with Gasteiger partial charge in [0.15, 0.2) is 0 Å². The highest BCUT2D eigenvalue weighted by molar-refractivity contribution is 6.32. The minimum Gasteiger partial charge on any atom is -0.506 e. The van der Waals surface area contributed by atoms with Crippen molar-refractivity contribution >= 4 is 17.6 Å². The summed E-state index contributed by atoms with van der Waals surface area (Å²) in [6, 6.07) is 0.504. The van der Waals surface area contributed by atoms with E-state index in [4.69, 9.17) is 17.3 Å². The van der Waals surface area contributed by atoms with E-state index in [1.807, 2.05) is 0 Å². The summed E-state index contributed by atoms with van der Waals surface area (Å²) in [6.07, 6.45) is -2.17. The van der Waals surface area contributed by atoms with Gasteiger partial charge in [-0.15, -0.1) is 0 Å². The summed E-state index contributed by atoms with van der Waals surface area (Å²) >= 11 is 5.45. The first-order valence-electron chi connectivity index (χ1n) is 5.13. The second-order valence-electron chi connectivity index (χ2n) is 3.48. The van der Waals surface area contributed by atoms with E-state index in [-0.39, 0.29) is 12.2 Å². The minimum absolute atomic E-state index is 0.00211. The Morgan fingerprint density at radius 3 is 2.78 bits per heavy atom. The van der Waals surface area contributed by atoms with Crippen LogP contribution in [0.3, 0.4) is 0 Å². The number of phenolic OH excluding ortho intramolecular Hbond substituents is 1. The summed E-state index contributed by atoms with van der Waals surface area (Å²) < 4.78 is 31.1. The second-order valence-corrected chi connectivity index (χ2v) is 3.86. The summed E-state index contributed by atoms with van der Waals surface area (Å²) in [6.45, 7) is 1.52. The third-order valence-electron chi connectivity index (χ3n) is 2.29. The molecule has 2 atom stereocenters. The summed E-state index contributed by atoms with van der Waals surface area (Å²) in [5.74, 6) is -2.70. The number of alkyl halides is 1. The van der Waals surface area contributed by atoms with Crippen LogP contribution in [0.25, 0.3) is 0 Å². The molecule has 0 radical (unpaired) electrons. The number of aromatic hydroxyl groups is 1. The van der Waals surface area contributed by atoms with Gasteiger partial charge in [-0.05, 0) is 13.0 Å². The molecule has 1 aromatic carbocycles. The lowest BCUT2D eigenvalue weighted by Gasteiger charge is -2.17. The smallest absolute Gasteiger partial charge is 0.342 e. The molecule has 0 saturated carbocycles. The zero-order valence-corrected chi connectivity index (χ0v) is 10.2. The number of esters is 1. The molecule has 0 aliphatic carbocycles. The normalized spacial score (nSPS) is 14.1. The maximum absolute atomic E-state index is 13.6. The summed E-state index contributed by atoms with van der Waals surface area (Å²) in [5, 5.41) is 8.97. The lowest BCUT2D eigenvalue weighted by Crippen LogP contribution is -2.31. The van der Waals surface area contributed by atoms with E-state index in [1.54, 1.807) is 0 Å². The number of nitrogens with two attached hydrogens (primary N) is 1. The van der Waals surface area contributed by atoms with Crippen LogP contribution in [0.2, 0.25) is 5.02 Å². The van der Waals surface area contributed by atoms with Gasteiger partial charge in [-0.2, -0.15) is 0 Å². The maximum atomic E-state index is 13.6. The highest BCUT2D eigenvalue weighted by Gasteiger charge is 2.30. The van der Waals surface area contributed by atoms with Crippen LogP contribution in [0.4, 0.5) is 8.78 Å². The van der Waals surface area contributed by atoms with Crippen molar-refractivity contribution < 1.29 is 23.4 Å². The molecule has 18 heavy (non-hydrogen) atoms. The molecule has 1 unspecified atom stereocenters. The van der Waals surface area contributed by atoms with E-state index in [0.29, 0.717) is 0 Å². The molecule has 4 nitrogen and oxygen atoms in total. The average molecular weight is 280 g/mol. The number of carbonyl (C=O) groups excluding carboxylic acids is 1. The molecular formula is C11H12ClF2NO3. The van der Waals surface area contributed by atoms with Gasteiger partial charge in [0, 0.05) is 5.56 Å². The molecular weight excluding hydrogens is 268 g/mol. The molecule has 100 valence electrons. The largest absolute Gasteiger partial charge is 0.506 e. The van der Waals surface area contributed by atoms with E-state index in [0.717, 1.165) is 12.1 Å². The Balaban J connectivity index is 3.00. The summed E-state index contributed by atoms with van der Waals surface area (Å²) in [4.78, 5) is 11.2. The molecule has 1 aromatic rings. The van der Waals surface area contributed by atoms with Gasteiger partial charge < -0.3 is 15.6 Å². The van der Waals surface area contributed by atoms with Crippen LogP contribution in [-0.4, -0.2) is 23.9 Å². The Labute approximate surface area is 107 Å². The molecule has 0 aromatic heterocycles. The van der Waals surface area contributed by atoms with Crippen LogP contribution in [0.15, 0.2) is 12.1 Å². The van der Waals surface area contributed by atoms with Gasteiger partial charge >= 0.3 is 5.97 Å². The first-order chi connectivity index (χ1) is 8.40. The van der Waals surface area contributed by atoms with Crippen LogP contribution in [-0.2, 0) is 9.53 Å². The molecule has 0 saturated heterocycles. The Kier molecular flexibility index (Phi) is 4.86. The Hall–Kier alpha value is -1.40. The quantitative estimate of drug-likeness (QED) is 0.828. The van der Waals surface area contributed by atoms with Gasteiger partial charge in [0.2, 0.25) is 6.17 Å². The lowest BCUT2D eigenvalue weighted by atomic mass is 10.0. The average Bonchev–Trinajstić information content (AvgIpc) is 2.35. The summed E-state index contributed by atoms with van der Waals surface area (Å²) in [7, 11) is 0. The number of halogens is 3. The Bertz CT molecular complexity index is 456. The van der Waals surface area contributed by atoms with Gasteiger partial charge in [-0.3, -0.25) is 0 Å². The highest BCUT2D eigenvalue weighted by atomic mass is 35.5. The number of ether oxygens (including phenoxy) is 1. The van der Waals surface area contributed by atoms with Crippen LogP contribution in [0.1, 0.15) is 18.5 Å². The Morgan fingerprint density at radius 1 is 1.61 bits per heavy atom. The monoisotopic (exact) mass is 279 g/mol. The van der Waals surface area contributed by atoms with Crippen molar-refractivity contribution in [1.82, 2.24) is 0 Å². The van der Waals surface area contributed by atoms with Crippen molar-refractivity contribution in [2.45, 2.75) is 19.1 Å². The zero-order chi connectivity index (χ0) is 13.9. The van der Waals surface area contributed by atoms with E-state index in [1.165, 1.54) is 6.92 Å². The van der Waals surface area contributed by atoms with E-state index >= 15 is 0 Å². The van der Waals surface area contributed by atoms with Gasteiger partial charge in [-0.1, -0.05) is 17.7 Å². The van der Waals surface area contributed by atoms with Gasteiger partial charge in [0.25, 0.3) is 0 Å². The predicted molar refractivity (Wildman–Crippen MR) is 61.5 cm³/mol. The minimum atomic E-state index is -2.17. The van der Waals surface area contributed by atoms with Crippen molar-refractivity contribution in [3.8, 4) is 5.75 Å². The molecule has 7 heteroatoms. The maximum Gasteiger partial charge on any atom is 0.342 e. The molecule has 0 amide bonds. The van der Waals surface area contributed by atoms with Crippen molar-refractivity contribution in [3.05, 3.63) is 28.5 Å².